The summed E-state index contributed by atoms with van der Waals surface area (Å²) in [7, 11) is 2.63. The number of rotatable bonds is 4. The van der Waals surface area contributed by atoms with Crippen molar-refractivity contribution in [2.45, 2.75) is 12.4 Å². The predicted molar refractivity (Wildman–Crippen MR) is 73.1 cm³/mol. The summed E-state index contributed by atoms with van der Waals surface area (Å²) in [4.78, 5) is 13.2. The van der Waals surface area contributed by atoms with E-state index in [1.165, 1.54) is 20.2 Å². The number of hydrogen-bond acceptors (Lipinski definition) is 3. The van der Waals surface area contributed by atoms with Crippen molar-refractivity contribution in [3.05, 3.63) is 29.3 Å². The molecule has 0 spiro atoms. The Bertz CT molecular complexity index is 645. The molecule has 0 fully saturated rings. The van der Waals surface area contributed by atoms with Gasteiger partial charge in [-0.1, -0.05) is 0 Å². The fraction of sp³-hybridized carbons (Fsp3) is 0.429. The number of benzene rings is 1. The maximum atomic E-state index is 12.9. The standard InChI is InChI=1S/C14H13F6N3O/c1-22(2)12(24)7-23(8-13(15,16)17)10-4-3-9(6-21)11(5-10)14(18,19)20/h3-5H,7-8H2,1-2H3. The Kier molecular flexibility index (Phi) is 5.71. The summed E-state index contributed by atoms with van der Waals surface area (Å²) < 4.78 is 76.9. The highest BCUT2D eigenvalue weighted by Gasteiger charge is 2.36. The first kappa shape index (κ1) is 19.6. The monoisotopic (exact) mass is 353 g/mol. The van der Waals surface area contributed by atoms with Crippen LogP contribution in [0.2, 0.25) is 0 Å². The number of alkyl halides is 6. The first-order chi connectivity index (χ1) is 10.8. The van der Waals surface area contributed by atoms with E-state index >= 15 is 0 Å². The number of nitrogens with zero attached hydrogens (tertiary/aromatic N) is 3. The van der Waals surface area contributed by atoms with Crippen LogP contribution in [0.5, 0.6) is 0 Å². The number of anilines is 1. The van der Waals surface area contributed by atoms with Crippen LogP contribution in [-0.4, -0.2) is 44.2 Å². The zero-order chi connectivity index (χ0) is 18.7. The molecule has 10 heteroatoms. The Labute approximate surface area is 133 Å². The Morgan fingerprint density at radius 3 is 2.17 bits per heavy atom. The highest BCUT2D eigenvalue weighted by molar-refractivity contribution is 5.81. The number of carbonyl (C=O) groups excluding carboxylic acids is 1. The van der Waals surface area contributed by atoms with Crippen molar-refractivity contribution >= 4 is 11.6 Å². The molecule has 132 valence electrons. The van der Waals surface area contributed by atoms with Crippen molar-refractivity contribution < 1.29 is 31.1 Å². The molecule has 0 heterocycles. The van der Waals surface area contributed by atoms with Crippen LogP contribution in [0, 0.1) is 11.3 Å². The number of likely N-dealkylation sites (N-methyl/N-ethyl adjacent to an activating group) is 1. The Morgan fingerprint density at radius 2 is 1.75 bits per heavy atom. The van der Waals surface area contributed by atoms with Crippen molar-refractivity contribution in [2.24, 2.45) is 0 Å². The smallest absolute Gasteiger partial charge is 0.353 e. The van der Waals surface area contributed by atoms with Crippen molar-refractivity contribution in [1.82, 2.24) is 4.90 Å². The molecule has 0 aliphatic heterocycles. The molecule has 0 unspecified atom stereocenters. The van der Waals surface area contributed by atoms with Crippen LogP contribution in [0.25, 0.3) is 0 Å². The van der Waals surface area contributed by atoms with Crippen LogP contribution in [0.3, 0.4) is 0 Å². The van der Waals surface area contributed by atoms with Gasteiger partial charge in [0, 0.05) is 19.8 Å². The average Bonchev–Trinajstić information content (AvgIpc) is 2.43. The molecular formula is C14H13F6N3O. The number of hydrogen-bond donors (Lipinski definition) is 0. The highest BCUT2D eigenvalue weighted by atomic mass is 19.4. The quantitative estimate of drug-likeness (QED) is 0.782. The molecule has 0 N–H and O–H groups in total. The summed E-state index contributed by atoms with van der Waals surface area (Å²) in [6, 6.07) is 3.50. The second-order valence-electron chi connectivity index (χ2n) is 5.10. The van der Waals surface area contributed by atoms with Crippen molar-refractivity contribution in [3.8, 4) is 6.07 Å². The van der Waals surface area contributed by atoms with Crippen LogP contribution in [0.4, 0.5) is 32.0 Å². The largest absolute Gasteiger partial charge is 0.417 e. The van der Waals surface area contributed by atoms with Gasteiger partial charge in [0.05, 0.1) is 23.7 Å². The Hall–Kier alpha value is -2.44. The molecule has 1 amide bonds. The lowest BCUT2D eigenvalue weighted by Gasteiger charge is -2.27. The minimum atomic E-state index is -4.91. The average molecular weight is 353 g/mol. The number of amides is 1. The number of halogens is 6. The molecule has 0 aromatic heterocycles. The van der Waals surface area contributed by atoms with Crippen LogP contribution in [0.1, 0.15) is 11.1 Å². The maximum absolute atomic E-state index is 12.9. The molecule has 0 bridgehead atoms. The van der Waals surface area contributed by atoms with Crippen LogP contribution in [-0.2, 0) is 11.0 Å². The molecular weight excluding hydrogens is 340 g/mol. The summed E-state index contributed by atoms with van der Waals surface area (Å²) in [5, 5.41) is 8.71. The lowest BCUT2D eigenvalue weighted by Crippen LogP contribution is -2.41. The zero-order valence-electron chi connectivity index (χ0n) is 12.7. The van der Waals surface area contributed by atoms with Crippen LogP contribution < -0.4 is 4.90 Å². The Morgan fingerprint density at radius 1 is 1.17 bits per heavy atom. The van der Waals surface area contributed by atoms with E-state index in [4.69, 9.17) is 5.26 Å². The van der Waals surface area contributed by atoms with Crippen molar-refractivity contribution in [2.75, 3.05) is 32.1 Å². The third-order valence-electron chi connectivity index (χ3n) is 2.99. The number of nitriles is 1. The molecule has 1 aromatic rings. The summed E-state index contributed by atoms with van der Waals surface area (Å²) in [5.74, 6) is -0.711. The molecule has 1 aromatic carbocycles. The van der Waals surface area contributed by atoms with Gasteiger partial charge in [0.2, 0.25) is 5.91 Å². The molecule has 0 atom stereocenters. The van der Waals surface area contributed by atoms with Crippen molar-refractivity contribution in [3.63, 3.8) is 0 Å². The normalized spacial score (nSPS) is 11.8. The van der Waals surface area contributed by atoms with E-state index in [1.54, 1.807) is 0 Å². The first-order valence-electron chi connectivity index (χ1n) is 6.48. The van der Waals surface area contributed by atoms with E-state index in [1.807, 2.05) is 0 Å². The molecule has 24 heavy (non-hydrogen) atoms. The van der Waals surface area contributed by atoms with Gasteiger partial charge in [-0.05, 0) is 18.2 Å². The van der Waals surface area contributed by atoms with Gasteiger partial charge in [0.25, 0.3) is 0 Å². The van der Waals surface area contributed by atoms with E-state index in [-0.39, 0.29) is 0 Å². The first-order valence-corrected chi connectivity index (χ1v) is 6.48. The van der Waals surface area contributed by atoms with Gasteiger partial charge in [-0.15, -0.1) is 0 Å². The minimum absolute atomic E-state index is 0.438. The molecule has 0 saturated carbocycles. The van der Waals surface area contributed by atoms with Crippen molar-refractivity contribution in [1.29, 1.82) is 5.26 Å². The SMILES string of the molecule is CN(C)C(=O)CN(CC(F)(F)F)c1ccc(C#N)c(C(F)(F)F)c1. The highest BCUT2D eigenvalue weighted by Crippen LogP contribution is 2.35. The summed E-state index contributed by atoms with van der Waals surface area (Å²) in [6.07, 6.45) is -9.63. The second-order valence-corrected chi connectivity index (χ2v) is 5.10. The fourth-order valence-electron chi connectivity index (χ4n) is 1.82. The Balaban J connectivity index is 3.32. The number of carbonyl (C=O) groups is 1. The van der Waals surface area contributed by atoms with E-state index < -0.39 is 48.2 Å². The van der Waals surface area contributed by atoms with Gasteiger partial charge < -0.3 is 9.80 Å². The van der Waals surface area contributed by atoms with E-state index in [9.17, 15) is 31.1 Å². The van der Waals surface area contributed by atoms with Gasteiger partial charge in [-0.2, -0.15) is 31.6 Å². The third kappa shape index (κ3) is 5.33. The topological polar surface area (TPSA) is 47.3 Å². The molecule has 1 rings (SSSR count). The van der Waals surface area contributed by atoms with Gasteiger partial charge in [-0.3, -0.25) is 4.79 Å². The van der Waals surface area contributed by atoms with Gasteiger partial charge in [-0.25, -0.2) is 0 Å². The molecule has 0 saturated heterocycles. The predicted octanol–water partition coefficient (Wildman–Crippen LogP) is 3.03. The van der Waals surface area contributed by atoms with Gasteiger partial charge >= 0.3 is 12.4 Å². The summed E-state index contributed by atoms with van der Waals surface area (Å²) in [5.41, 5.74) is -2.52. The molecule has 0 radical (unpaired) electrons. The summed E-state index contributed by atoms with van der Waals surface area (Å²) in [6.45, 7) is -2.36. The lowest BCUT2D eigenvalue weighted by atomic mass is 10.1. The van der Waals surface area contributed by atoms with E-state index in [2.05, 4.69) is 0 Å². The fourth-order valence-corrected chi connectivity index (χ4v) is 1.82. The zero-order valence-corrected chi connectivity index (χ0v) is 12.7. The maximum Gasteiger partial charge on any atom is 0.417 e. The van der Waals surface area contributed by atoms with Crippen LogP contribution in [0.15, 0.2) is 18.2 Å². The lowest BCUT2D eigenvalue weighted by molar-refractivity contribution is -0.137. The van der Waals surface area contributed by atoms with Crippen LogP contribution >= 0.6 is 0 Å². The third-order valence-corrected chi connectivity index (χ3v) is 2.99. The second kappa shape index (κ2) is 6.98. The summed E-state index contributed by atoms with van der Waals surface area (Å²) >= 11 is 0. The molecule has 0 aliphatic rings. The van der Waals surface area contributed by atoms with Gasteiger partial charge in [0.1, 0.15) is 6.54 Å². The molecule has 4 nitrogen and oxygen atoms in total. The van der Waals surface area contributed by atoms with E-state index in [0.29, 0.717) is 11.0 Å². The minimum Gasteiger partial charge on any atom is -0.353 e. The van der Waals surface area contributed by atoms with Gasteiger partial charge in [0.15, 0.2) is 0 Å². The van der Waals surface area contributed by atoms with E-state index in [0.717, 1.165) is 17.0 Å². The molecule has 0 aliphatic carbocycles.